The molecule has 0 aliphatic carbocycles. The third-order valence-electron chi connectivity index (χ3n) is 3.04. The van der Waals surface area contributed by atoms with Gasteiger partial charge in [0.05, 0.1) is 23.0 Å². The van der Waals surface area contributed by atoms with Crippen molar-refractivity contribution in [2.45, 2.75) is 11.8 Å². The van der Waals surface area contributed by atoms with Crippen molar-refractivity contribution in [1.29, 1.82) is 5.26 Å². The van der Waals surface area contributed by atoms with Crippen molar-refractivity contribution in [1.82, 2.24) is 0 Å². The molecule has 0 aliphatic heterocycles. The molecule has 5 nitrogen and oxygen atoms in total. The molecule has 0 atom stereocenters. The monoisotopic (exact) mass is 301 g/mol. The lowest BCUT2D eigenvalue weighted by Gasteiger charge is -2.23. The topological polar surface area (TPSA) is 87.2 Å². The molecule has 2 rings (SSSR count). The molecule has 0 radical (unpaired) electrons. The van der Waals surface area contributed by atoms with Gasteiger partial charge in [0, 0.05) is 6.54 Å². The average Bonchev–Trinajstić information content (AvgIpc) is 2.48. The molecule has 0 aromatic heterocycles. The lowest BCUT2D eigenvalue weighted by Crippen LogP contribution is -2.31. The zero-order valence-corrected chi connectivity index (χ0v) is 12.3. The summed E-state index contributed by atoms with van der Waals surface area (Å²) in [7, 11) is -3.76. The predicted molar refractivity (Wildman–Crippen MR) is 82.2 cm³/mol. The first-order chi connectivity index (χ1) is 10.0. The second-order valence-electron chi connectivity index (χ2n) is 4.37. The molecule has 0 spiro atoms. The van der Waals surface area contributed by atoms with E-state index in [9.17, 15) is 8.42 Å². The quantitative estimate of drug-likeness (QED) is 0.878. The average molecular weight is 301 g/mol. The van der Waals surface area contributed by atoms with Crippen LogP contribution >= 0.6 is 0 Å². The molecule has 108 valence electrons. The number of para-hydroxylation sites is 1. The molecule has 0 heterocycles. The summed E-state index contributed by atoms with van der Waals surface area (Å²) in [4.78, 5) is 0.00667. The largest absolute Gasteiger partial charge is 0.398 e. The number of hydrogen-bond acceptors (Lipinski definition) is 4. The molecule has 0 aliphatic rings. The van der Waals surface area contributed by atoms with E-state index in [4.69, 9.17) is 11.0 Å². The van der Waals surface area contributed by atoms with Crippen LogP contribution in [0.2, 0.25) is 0 Å². The summed E-state index contributed by atoms with van der Waals surface area (Å²) >= 11 is 0. The van der Waals surface area contributed by atoms with Crippen LogP contribution in [-0.4, -0.2) is 15.0 Å². The highest BCUT2D eigenvalue weighted by molar-refractivity contribution is 7.93. The van der Waals surface area contributed by atoms with Gasteiger partial charge in [-0.25, -0.2) is 8.42 Å². The van der Waals surface area contributed by atoms with E-state index < -0.39 is 10.0 Å². The summed E-state index contributed by atoms with van der Waals surface area (Å²) < 4.78 is 26.8. The van der Waals surface area contributed by atoms with E-state index in [2.05, 4.69) is 0 Å². The highest BCUT2D eigenvalue weighted by Gasteiger charge is 2.25. The van der Waals surface area contributed by atoms with Crippen LogP contribution in [0, 0.1) is 11.3 Å². The maximum absolute atomic E-state index is 12.7. The van der Waals surface area contributed by atoms with Crippen molar-refractivity contribution >= 4 is 21.4 Å². The van der Waals surface area contributed by atoms with Crippen molar-refractivity contribution in [2.24, 2.45) is 0 Å². The fourth-order valence-corrected chi connectivity index (χ4v) is 3.63. The highest BCUT2D eigenvalue weighted by atomic mass is 32.2. The third-order valence-corrected chi connectivity index (χ3v) is 5.02. The second-order valence-corrected chi connectivity index (χ2v) is 6.20. The van der Waals surface area contributed by atoms with Gasteiger partial charge in [-0.15, -0.1) is 0 Å². The number of anilines is 2. The van der Waals surface area contributed by atoms with Crippen LogP contribution in [0.3, 0.4) is 0 Å². The Balaban J connectivity index is 2.53. The number of benzene rings is 2. The normalized spacial score (nSPS) is 10.9. The van der Waals surface area contributed by atoms with Crippen LogP contribution in [0.5, 0.6) is 0 Å². The van der Waals surface area contributed by atoms with E-state index >= 15 is 0 Å². The molecule has 0 saturated heterocycles. The Hall–Kier alpha value is -2.52. The van der Waals surface area contributed by atoms with Gasteiger partial charge in [0.15, 0.2) is 0 Å². The van der Waals surface area contributed by atoms with Gasteiger partial charge in [0.2, 0.25) is 0 Å². The molecular formula is C15H15N3O2S. The lowest BCUT2D eigenvalue weighted by molar-refractivity contribution is 0.592. The van der Waals surface area contributed by atoms with Crippen LogP contribution in [0.25, 0.3) is 0 Å². The maximum atomic E-state index is 12.7. The summed E-state index contributed by atoms with van der Waals surface area (Å²) in [6, 6.07) is 14.9. The Morgan fingerprint density at radius 3 is 2.38 bits per heavy atom. The molecule has 6 heteroatoms. The van der Waals surface area contributed by atoms with Gasteiger partial charge in [-0.3, -0.25) is 4.31 Å². The number of nitriles is 1. The Morgan fingerprint density at radius 1 is 1.19 bits per heavy atom. The summed E-state index contributed by atoms with van der Waals surface area (Å²) in [5, 5.41) is 8.82. The van der Waals surface area contributed by atoms with Crippen molar-refractivity contribution in [2.75, 3.05) is 16.6 Å². The molecule has 2 N–H and O–H groups in total. The van der Waals surface area contributed by atoms with Gasteiger partial charge in [-0.1, -0.05) is 18.2 Å². The smallest absolute Gasteiger partial charge is 0.266 e. The minimum absolute atomic E-state index is 0.00667. The molecule has 0 fully saturated rings. The van der Waals surface area contributed by atoms with Gasteiger partial charge >= 0.3 is 0 Å². The van der Waals surface area contributed by atoms with Gasteiger partial charge in [-0.05, 0) is 37.3 Å². The first kappa shape index (κ1) is 14.9. The van der Waals surface area contributed by atoms with Crippen molar-refractivity contribution in [3.05, 3.63) is 54.1 Å². The number of hydrogen-bond donors (Lipinski definition) is 1. The van der Waals surface area contributed by atoms with E-state index in [1.807, 2.05) is 12.1 Å². The Labute approximate surface area is 124 Å². The molecule has 2 aromatic carbocycles. The van der Waals surface area contributed by atoms with Crippen LogP contribution in [-0.2, 0) is 10.0 Å². The first-order valence-corrected chi connectivity index (χ1v) is 7.82. The van der Waals surface area contributed by atoms with E-state index in [-0.39, 0.29) is 17.1 Å². The Morgan fingerprint density at radius 2 is 1.86 bits per heavy atom. The van der Waals surface area contributed by atoms with Crippen LogP contribution in [0.4, 0.5) is 11.4 Å². The fourth-order valence-electron chi connectivity index (χ4n) is 2.06. The number of sulfonamides is 1. The SMILES string of the molecule is CCN(c1ccccc1)S(=O)(=O)c1ccc(C#N)cc1N. The Bertz CT molecular complexity index is 780. The number of rotatable bonds is 4. The summed E-state index contributed by atoms with van der Waals surface area (Å²) in [5.41, 5.74) is 6.77. The minimum atomic E-state index is -3.76. The van der Waals surface area contributed by atoms with Crippen LogP contribution in [0.1, 0.15) is 12.5 Å². The highest BCUT2D eigenvalue weighted by Crippen LogP contribution is 2.27. The summed E-state index contributed by atoms with van der Waals surface area (Å²) in [6.45, 7) is 2.04. The molecule has 0 bridgehead atoms. The minimum Gasteiger partial charge on any atom is -0.398 e. The van der Waals surface area contributed by atoms with E-state index in [0.29, 0.717) is 11.3 Å². The fraction of sp³-hybridized carbons (Fsp3) is 0.133. The second kappa shape index (κ2) is 5.85. The number of nitrogens with zero attached hydrogens (tertiary/aromatic N) is 2. The van der Waals surface area contributed by atoms with Gasteiger partial charge in [0.25, 0.3) is 10.0 Å². The molecule has 0 unspecified atom stereocenters. The molecule has 2 aromatic rings. The zero-order chi connectivity index (χ0) is 15.5. The van der Waals surface area contributed by atoms with E-state index in [1.165, 1.54) is 22.5 Å². The van der Waals surface area contributed by atoms with Crippen molar-refractivity contribution in [3.63, 3.8) is 0 Å². The number of nitrogens with two attached hydrogens (primary N) is 1. The molecule has 0 amide bonds. The van der Waals surface area contributed by atoms with Gasteiger partial charge < -0.3 is 5.73 Å². The van der Waals surface area contributed by atoms with E-state index in [0.717, 1.165) is 0 Å². The summed E-state index contributed by atoms with van der Waals surface area (Å²) in [6.07, 6.45) is 0. The van der Waals surface area contributed by atoms with Crippen molar-refractivity contribution in [3.8, 4) is 6.07 Å². The first-order valence-electron chi connectivity index (χ1n) is 6.38. The van der Waals surface area contributed by atoms with Gasteiger partial charge in [-0.2, -0.15) is 5.26 Å². The van der Waals surface area contributed by atoms with E-state index in [1.54, 1.807) is 31.2 Å². The predicted octanol–water partition coefficient (Wildman–Crippen LogP) is 2.36. The van der Waals surface area contributed by atoms with Crippen molar-refractivity contribution < 1.29 is 8.42 Å². The lowest BCUT2D eigenvalue weighted by atomic mass is 10.2. The molecular weight excluding hydrogens is 286 g/mol. The molecule has 21 heavy (non-hydrogen) atoms. The van der Waals surface area contributed by atoms with Crippen LogP contribution in [0.15, 0.2) is 53.4 Å². The number of nitrogen functional groups attached to an aromatic ring is 1. The summed E-state index contributed by atoms with van der Waals surface area (Å²) in [5.74, 6) is 0. The maximum Gasteiger partial charge on any atom is 0.266 e. The van der Waals surface area contributed by atoms with Crippen LogP contribution < -0.4 is 10.0 Å². The van der Waals surface area contributed by atoms with Gasteiger partial charge in [0.1, 0.15) is 4.90 Å². The zero-order valence-electron chi connectivity index (χ0n) is 11.5. The molecule has 0 saturated carbocycles. The third kappa shape index (κ3) is 2.83. The standard InChI is InChI=1S/C15H15N3O2S/c1-2-18(13-6-4-3-5-7-13)21(19,20)15-9-8-12(11-16)10-14(15)17/h3-10H,2,17H2,1H3. The Kier molecular flexibility index (Phi) is 4.15.